The van der Waals surface area contributed by atoms with Crippen LogP contribution < -0.4 is 5.73 Å². The van der Waals surface area contributed by atoms with Crippen molar-refractivity contribution in [3.05, 3.63) is 64.7 Å². The number of nitrogen functional groups attached to an aromatic ring is 1. The molecule has 4 heteroatoms. The number of piperidine rings is 1. The lowest BCUT2D eigenvalue weighted by molar-refractivity contribution is 0.151. The first-order valence-electron chi connectivity index (χ1n) is 11.3. The molecule has 30 heavy (non-hydrogen) atoms. The molecular formula is C26H30N2S2. The molecule has 0 saturated carbocycles. The summed E-state index contributed by atoms with van der Waals surface area (Å²) in [5, 5.41) is 2.34. The first-order valence-corrected chi connectivity index (χ1v) is 12.5. The molecule has 2 N–H and O–H groups in total. The summed E-state index contributed by atoms with van der Waals surface area (Å²) in [7, 11) is 0. The Bertz CT molecular complexity index is 1070. The van der Waals surface area contributed by atoms with Gasteiger partial charge in [-0.15, -0.1) is 11.3 Å². The highest BCUT2D eigenvalue weighted by atomic mass is 32.1. The fraction of sp³-hybridized carbons (Fsp3) is 0.423. The number of hydrogen-bond acceptors (Lipinski definition) is 4. The van der Waals surface area contributed by atoms with E-state index in [4.69, 9.17) is 18.0 Å². The zero-order chi connectivity index (χ0) is 20.7. The lowest BCUT2D eigenvalue weighted by Gasteiger charge is -2.33. The average molecular weight is 435 g/mol. The van der Waals surface area contributed by atoms with Gasteiger partial charge in [0.15, 0.2) is 0 Å². The second-order valence-corrected chi connectivity index (χ2v) is 10.5. The predicted octanol–water partition coefficient (Wildman–Crippen LogP) is 6.68. The number of thiophene rings is 1. The van der Waals surface area contributed by atoms with E-state index in [1.165, 1.54) is 72.8 Å². The molecule has 1 aromatic heterocycles. The number of nitrogens with zero attached hydrogens (tertiary/aromatic N) is 1. The van der Waals surface area contributed by atoms with Crippen molar-refractivity contribution in [3.8, 4) is 0 Å². The minimum atomic E-state index is 0.562. The van der Waals surface area contributed by atoms with Crippen molar-refractivity contribution >= 4 is 43.5 Å². The molecule has 2 fully saturated rings. The Labute approximate surface area is 189 Å². The highest BCUT2D eigenvalue weighted by Gasteiger charge is 2.30. The molecule has 0 bridgehead atoms. The van der Waals surface area contributed by atoms with Gasteiger partial charge in [-0.25, -0.2) is 0 Å². The van der Waals surface area contributed by atoms with Crippen LogP contribution in [0.3, 0.4) is 0 Å². The maximum Gasteiger partial charge on any atom is 0.0904 e. The SMILES string of the molecule is Cc1ccccc1C(=S)c1ccc2sc(N)c(C3CCC4CCCCN4CC3)c2c1. The second-order valence-electron chi connectivity index (χ2n) is 8.98. The highest BCUT2D eigenvalue weighted by Crippen LogP contribution is 2.44. The molecule has 3 aromatic rings. The molecule has 2 aliphatic rings. The molecule has 2 atom stereocenters. The Morgan fingerprint density at radius 3 is 2.77 bits per heavy atom. The standard InChI is InChI=1S/C26H30N2S2/c1-17-6-2-3-8-21(17)25(29)19-10-12-23-22(16-19)24(26(27)30-23)18-9-11-20-7-4-5-14-28(20)15-13-18/h2-3,6,8,10,12,16,18,20H,4-5,7,9,11,13-15,27H2,1H3. The molecule has 156 valence electrons. The normalized spacial score (nSPS) is 22.6. The molecule has 3 heterocycles. The van der Waals surface area contributed by atoms with Crippen LogP contribution in [-0.4, -0.2) is 28.9 Å². The lowest BCUT2D eigenvalue weighted by atomic mass is 9.89. The molecule has 2 aliphatic heterocycles. The largest absolute Gasteiger partial charge is 0.390 e. The van der Waals surface area contributed by atoms with Gasteiger partial charge in [0, 0.05) is 10.7 Å². The van der Waals surface area contributed by atoms with Crippen molar-refractivity contribution in [1.82, 2.24) is 4.90 Å². The Morgan fingerprint density at radius 2 is 1.90 bits per heavy atom. The maximum absolute atomic E-state index is 6.62. The third-order valence-corrected chi connectivity index (χ3v) is 8.65. The van der Waals surface area contributed by atoms with E-state index in [1.54, 1.807) is 11.3 Å². The van der Waals surface area contributed by atoms with Crippen molar-refractivity contribution in [2.75, 3.05) is 18.8 Å². The minimum Gasteiger partial charge on any atom is -0.390 e. The van der Waals surface area contributed by atoms with E-state index in [0.717, 1.165) is 27.0 Å². The zero-order valence-electron chi connectivity index (χ0n) is 17.7. The molecular weight excluding hydrogens is 404 g/mol. The summed E-state index contributed by atoms with van der Waals surface area (Å²) in [4.78, 5) is 3.68. The predicted molar refractivity (Wildman–Crippen MR) is 134 cm³/mol. The van der Waals surface area contributed by atoms with Crippen LogP contribution in [0.4, 0.5) is 5.00 Å². The maximum atomic E-state index is 6.62. The van der Waals surface area contributed by atoms with Crippen LogP contribution >= 0.6 is 23.6 Å². The molecule has 5 rings (SSSR count). The fourth-order valence-electron chi connectivity index (χ4n) is 5.51. The quantitative estimate of drug-likeness (QED) is 0.368. The molecule has 2 unspecified atom stereocenters. The van der Waals surface area contributed by atoms with Gasteiger partial charge in [-0.1, -0.05) is 49.0 Å². The smallest absolute Gasteiger partial charge is 0.0904 e. The van der Waals surface area contributed by atoms with Crippen LogP contribution in [0.15, 0.2) is 42.5 Å². The molecule has 2 aromatic carbocycles. The van der Waals surface area contributed by atoms with Gasteiger partial charge in [-0.2, -0.15) is 0 Å². The summed E-state index contributed by atoms with van der Waals surface area (Å²) >= 11 is 7.65. The van der Waals surface area contributed by atoms with E-state index in [0.29, 0.717) is 5.92 Å². The molecule has 0 spiro atoms. The van der Waals surface area contributed by atoms with Gasteiger partial charge in [-0.3, -0.25) is 0 Å². The van der Waals surface area contributed by atoms with Gasteiger partial charge < -0.3 is 10.6 Å². The van der Waals surface area contributed by atoms with Gasteiger partial charge in [0.25, 0.3) is 0 Å². The van der Waals surface area contributed by atoms with Crippen LogP contribution in [0.5, 0.6) is 0 Å². The second kappa shape index (κ2) is 8.41. The van der Waals surface area contributed by atoms with Crippen molar-refractivity contribution < 1.29 is 0 Å². The van der Waals surface area contributed by atoms with E-state index < -0.39 is 0 Å². The van der Waals surface area contributed by atoms with Crippen molar-refractivity contribution in [3.63, 3.8) is 0 Å². The van der Waals surface area contributed by atoms with E-state index in [2.05, 4.69) is 54.3 Å². The summed E-state index contributed by atoms with van der Waals surface area (Å²) in [5.74, 6) is 0.562. The van der Waals surface area contributed by atoms with Crippen LogP contribution in [0.2, 0.25) is 0 Å². The van der Waals surface area contributed by atoms with Gasteiger partial charge in [-0.05, 0) is 97.8 Å². The number of rotatable bonds is 3. The molecule has 0 radical (unpaired) electrons. The number of fused-ring (bicyclic) bond motifs is 2. The van der Waals surface area contributed by atoms with Crippen molar-refractivity contribution in [2.24, 2.45) is 0 Å². The van der Waals surface area contributed by atoms with Crippen LogP contribution in [-0.2, 0) is 0 Å². The van der Waals surface area contributed by atoms with Gasteiger partial charge in [0.2, 0.25) is 0 Å². The summed E-state index contributed by atoms with van der Waals surface area (Å²) in [5.41, 5.74) is 11.5. The van der Waals surface area contributed by atoms with Gasteiger partial charge in [0.05, 0.1) is 9.87 Å². The Hall–Kier alpha value is -1.75. The third-order valence-electron chi connectivity index (χ3n) is 7.18. The monoisotopic (exact) mass is 434 g/mol. The number of hydrogen-bond donors (Lipinski definition) is 1. The van der Waals surface area contributed by atoms with Crippen LogP contribution in [0, 0.1) is 6.92 Å². The fourth-order valence-corrected chi connectivity index (χ4v) is 6.91. The number of anilines is 1. The lowest BCUT2D eigenvalue weighted by Crippen LogP contribution is -2.38. The third kappa shape index (κ3) is 3.70. The van der Waals surface area contributed by atoms with Crippen LogP contribution in [0.1, 0.15) is 66.7 Å². The molecule has 2 nitrogen and oxygen atoms in total. The molecule has 2 saturated heterocycles. The Balaban J connectivity index is 1.50. The molecule has 0 aliphatic carbocycles. The van der Waals surface area contributed by atoms with Gasteiger partial charge >= 0.3 is 0 Å². The first-order chi connectivity index (χ1) is 14.6. The van der Waals surface area contributed by atoms with Gasteiger partial charge in [0.1, 0.15) is 0 Å². The first kappa shape index (κ1) is 20.2. The Kier molecular flexibility index (Phi) is 5.65. The average Bonchev–Trinajstić information content (AvgIpc) is 2.94. The number of aryl methyl sites for hydroxylation is 1. The topological polar surface area (TPSA) is 29.3 Å². The van der Waals surface area contributed by atoms with Crippen molar-refractivity contribution in [2.45, 2.75) is 57.4 Å². The zero-order valence-corrected chi connectivity index (χ0v) is 19.3. The van der Waals surface area contributed by atoms with E-state index >= 15 is 0 Å². The minimum absolute atomic E-state index is 0.562. The summed E-state index contributed by atoms with van der Waals surface area (Å²) in [6.07, 6.45) is 7.92. The summed E-state index contributed by atoms with van der Waals surface area (Å²) in [6.45, 7) is 4.63. The molecule has 0 amide bonds. The number of nitrogens with two attached hydrogens (primary N) is 1. The van der Waals surface area contributed by atoms with E-state index in [-0.39, 0.29) is 0 Å². The highest BCUT2D eigenvalue weighted by molar-refractivity contribution is 7.81. The number of thiocarbonyl (C=S) groups is 1. The summed E-state index contributed by atoms with van der Waals surface area (Å²) in [6, 6.07) is 15.9. The van der Waals surface area contributed by atoms with E-state index in [9.17, 15) is 0 Å². The van der Waals surface area contributed by atoms with E-state index in [1.807, 2.05) is 0 Å². The number of benzene rings is 2. The van der Waals surface area contributed by atoms with Crippen molar-refractivity contribution in [1.29, 1.82) is 0 Å². The Morgan fingerprint density at radius 1 is 1.03 bits per heavy atom. The van der Waals surface area contributed by atoms with Crippen LogP contribution in [0.25, 0.3) is 10.1 Å². The summed E-state index contributed by atoms with van der Waals surface area (Å²) < 4.78 is 1.29.